The largest absolute Gasteiger partial charge is 0.402 e. The Kier molecular flexibility index (Phi) is 5.32. The third-order valence-corrected chi connectivity index (χ3v) is 0.872. The molecule has 0 heterocycles. The summed E-state index contributed by atoms with van der Waals surface area (Å²) in [6.45, 7) is 5.41. The zero-order valence-electron chi connectivity index (χ0n) is 6.18. The van der Waals surface area contributed by atoms with E-state index < -0.39 is 0 Å². The monoisotopic (exact) mass is 129 g/mol. The first-order chi connectivity index (χ1) is 4.27. The van der Waals surface area contributed by atoms with E-state index in [0.29, 0.717) is 6.61 Å². The lowest BCUT2D eigenvalue weighted by Crippen LogP contribution is -1.96. The zero-order valence-corrected chi connectivity index (χ0v) is 6.18. The van der Waals surface area contributed by atoms with Crippen molar-refractivity contribution in [3.05, 3.63) is 11.8 Å². The number of allylic oxidation sites excluding steroid dienone is 1. The minimum absolute atomic E-state index is 0.649. The highest BCUT2D eigenvalue weighted by Crippen LogP contribution is 1.83. The van der Waals surface area contributed by atoms with Crippen LogP contribution in [0, 0.1) is 0 Å². The van der Waals surface area contributed by atoms with E-state index >= 15 is 0 Å². The third-order valence-electron chi connectivity index (χ3n) is 0.872. The van der Waals surface area contributed by atoms with Gasteiger partial charge in [0.1, 0.15) is 0 Å². The average molecular weight is 129 g/mol. The lowest BCUT2D eigenvalue weighted by Gasteiger charge is -1.96. The van der Waals surface area contributed by atoms with E-state index in [0.717, 1.165) is 18.7 Å². The second-order valence-corrected chi connectivity index (χ2v) is 2.02. The molecular weight excluding hydrogens is 114 g/mol. The van der Waals surface area contributed by atoms with Crippen molar-refractivity contribution in [3.8, 4) is 0 Å². The first kappa shape index (κ1) is 8.50. The van der Waals surface area contributed by atoms with Crippen molar-refractivity contribution in [3.63, 3.8) is 0 Å². The van der Waals surface area contributed by atoms with E-state index in [1.807, 2.05) is 13.0 Å². The van der Waals surface area contributed by atoms with Crippen LogP contribution in [-0.4, -0.2) is 13.2 Å². The zero-order chi connectivity index (χ0) is 7.11. The van der Waals surface area contributed by atoms with E-state index in [1.165, 1.54) is 0 Å². The number of hydrogen-bond acceptors (Lipinski definition) is 2. The molecule has 0 rings (SSSR count). The molecule has 54 valence electrons. The summed E-state index contributed by atoms with van der Waals surface area (Å²) in [5.41, 5.74) is 6.18. The van der Waals surface area contributed by atoms with Crippen LogP contribution in [0.15, 0.2) is 11.8 Å². The average Bonchev–Trinajstić information content (AvgIpc) is 1.80. The van der Waals surface area contributed by atoms with Gasteiger partial charge in [0.15, 0.2) is 0 Å². The van der Waals surface area contributed by atoms with Crippen molar-refractivity contribution in [2.24, 2.45) is 5.73 Å². The van der Waals surface area contributed by atoms with E-state index in [-0.39, 0.29) is 0 Å². The van der Waals surface area contributed by atoms with Crippen LogP contribution in [0.1, 0.15) is 20.3 Å². The summed E-state index contributed by atoms with van der Waals surface area (Å²) in [5, 5.41) is 0. The molecule has 0 spiro atoms. The summed E-state index contributed by atoms with van der Waals surface area (Å²) >= 11 is 0. The molecule has 0 saturated heterocycles. The van der Waals surface area contributed by atoms with E-state index in [4.69, 9.17) is 10.5 Å². The second-order valence-electron chi connectivity index (χ2n) is 2.02. The fourth-order valence-electron chi connectivity index (χ4n) is 0.418. The Morgan fingerprint density at radius 3 is 2.78 bits per heavy atom. The molecule has 0 unspecified atom stereocenters. The highest BCUT2D eigenvalue weighted by molar-refractivity contribution is 4.90. The summed E-state index contributed by atoms with van der Waals surface area (Å²) in [6, 6.07) is 0. The highest BCUT2D eigenvalue weighted by Gasteiger charge is 1.80. The van der Waals surface area contributed by atoms with Gasteiger partial charge in [-0.3, -0.25) is 0 Å². The molecule has 0 aliphatic rings. The molecule has 0 atom stereocenters. The minimum Gasteiger partial charge on any atom is -0.402 e. The Labute approximate surface area is 56.7 Å². The minimum atomic E-state index is 0.649. The normalized spacial score (nSPS) is 12.0. The molecule has 0 radical (unpaired) electrons. The van der Waals surface area contributed by atoms with Gasteiger partial charge in [-0.15, -0.1) is 0 Å². The molecule has 9 heavy (non-hydrogen) atoms. The van der Waals surface area contributed by atoms with Gasteiger partial charge >= 0.3 is 0 Å². The summed E-state index contributed by atoms with van der Waals surface area (Å²) in [7, 11) is 0. The highest BCUT2D eigenvalue weighted by atomic mass is 16.5. The molecule has 2 heteroatoms. The van der Waals surface area contributed by atoms with Gasteiger partial charge in [-0.25, -0.2) is 0 Å². The lowest BCUT2D eigenvalue weighted by molar-refractivity contribution is 0.162. The predicted octanol–water partition coefficient (Wildman–Crippen LogP) is 1.28. The van der Waals surface area contributed by atoms with Crippen LogP contribution < -0.4 is 5.73 Å². The van der Waals surface area contributed by atoms with Crippen LogP contribution in [0.5, 0.6) is 0 Å². The SMILES string of the molecule is CCCOC/C=C(\C)N. The quantitative estimate of drug-likeness (QED) is 0.580. The molecule has 2 N–H and O–H groups in total. The van der Waals surface area contributed by atoms with Gasteiger partial charge in [0, 0.05) is 12.3 Å². The maximum atomic E-state index is 5.36. The predicted molar refractivity (Wildman–Crippen MR) is 39.1 cm³/mol. The van der Waals surface area contributed by atoms with Gasteiger partial charge in [-0.2, -0.15) is 0 Å². The number of nitrogens with two attached hydrogens (primary N) is 1. The molecule has 0 aliphatic carbocycles. The Bertz CT molecular complexity index is 84.9. The Morgan fingerprint density at radius 2 is 2.33 bits per heavy atom. The topological polar surface area (TPSA) is 35.2 Å². The van der Waals surface area contributed by atoms with Crippen LogP contribution >= 0.6 is 0 Å². The van der Waals surface area contributed by atoms with Crippen LogP contribution in [0.4, 0.5) is 0 Å². The molecule has 0 aromatic heterocycles. The van der Waals surface area contributed by atoms with E-state index in [9.17, 15) is 0 Å². The lowest BCUT2D eigenvalue weighted by atomic mass is 10.4. The number of rotatable bonds is 4. The fourth-order valence-corrected chi connectivity index (χ4v) is 0.418. The van der Waals surface area contributed by atoms with E-state index in [1.54, 1.807) is 0 Å². The van der Waals surface area contributed by atoms with Crippen LogP contribution in [0.3, 0.4) is 0 Å². The Hall–Kier alpha value is -0.500. The number of hydrogen-bond donors (Lipinski definition) is 1. The van der Waals surface area contributed by atoms with Crippen LogP contribution in [-0.2, 0) is 4.74 Å². The summed E-state index contributed by atoms with van der Waals surface area (Å²) in [4.78, 5) is 0. The molecule has 0 fully saturated rings. The molecular formula is C7H15NO. The van der Waals surface area contributed by atoms with Gasteiger partial charge in [0.2, 0.25) is 0 Å². The molecule has 0 aliphatic heterocycles. The molecule has 2 nitrogen and oxygen atoms in total. The van der Waals surface area contributed by atoms with E-state index in [2.05, 4.69) is 6.92 Å². The van der Waals surface area contributed by atoms with Gasteiger partial charge in [-0.1, -0.05) is 6.92 Å². The number of ether oxygens (including phenoxy) is 1. The van der Waals surface area contributed by atoms with Crippen molar-refractivity contribution in [2.45, 2.75) is 20.3 Å². The van der Waals surface area contributed by atoms with Gasteiger partial charge in [0.25, 0.3) is 0 Å². The fraction of sp³-hybridized carbons (Fsp3) is 0.714. The van der Waals surface area contributed by atoms with Crippen molar-refractivity contribution in [1.82, 2.24) is 0 Å². The van der Waals surface area contributed by atoms with Crippen LogP contribution in [0.25, 0.3) is 0 Å². The van der Waals surface area contributed by atoms with Crippen molar-refractivity contribution < 1.29 is 4.74 Å². The molecule has 0 aromatic carbocycles. The van der Waals surface area contributed by atoms with Crippen molar-refractivity contribution in [1.29, 1.82) is 0 Å². The summed E-state index contributed by atoms with van der Waals surface area (Å²) < 4.78 is 5.14. The first-order valence-electron chi connectivity index (χ1n) is 3.27. The smallest absolute Gasteiger partial charge is 0.0666 e. The van der Waals surface area contributed by atoms with Crippen molar-refractivity contribution in [2.75, 3.05) is 13.2 Å². The standard InChI is InChI=1S/C7H15NO/c1-3-5-9-6-4-7(2)8/h4H,3,5-6,8H2,1-2H3/b7-4+. The van der Waals surface area contributed by atoms with Gasteiger partial charge in [0.05, 0.1) is 6.61 Å². The van der Waals surface area contributed by atoms with Gasteiger partial charge < -0.3 is 10.5 Å². The third kappa shape index (κ3) is 7.50. The van der Waals surface area contributed by atoms with Crippen molar-refractivity contribution >= 4 is 0 Å². The summed E-state index contributed by atoms with van der Waals surface area (Å²) in [5.74, 6) is 0. The van der Waals surface area contributed by atoms with Gasteiger partial charge in [-0.05, 0) is 19.4 Å². The molecule has 0 bridgehead atoms. The first-order valence-corrected chi connectivity index (χ1v) is 3.27. The van der Waals surface area contributed by atoms with Crippen LogP contribution in [0.2, 0.25) is 0 Å². The second kappa shape index (κ2) is 5.63. The molecule has 0 saturated carbocycles. The summed E-state index contributed by atoms with van der Waals surface area (Å²) in [6.07, 6.45) is 2.94. The Morgan fingerprint density at radius 1 is 1.67 bits per heavy atom. The maximum absolute atomic E-state index is 5.36. The molecule has 0 amide bonds. The molecule has 0 aromatic rings. The maximum Gasteiger partial charge on any atom is 0.0666 e. The Balaban J connectivity index is 3.00.